The molecule has 2 aromatic carbocycles. The second-order valence-corrected chi connectivity index (χ2v) is 6.41. The third kappa shape index (κ3) is 4.00. The van der Waals surface area contributed by atoms with Crippen molar-refractivity contribution in [2.75, 3.05) is 38.1 Å². The van der Waals surface area contributed by atoms with Gasteiger partial charge in [-0.1, -0.05) is 6.07 Å². The molecule has 0 aliphatic carbocycles. The molecule has 0 radical (unpaired) electrons. The number of nitrogens with zero attached hydrogens (tertiary/aromatic N) is 3. The molecule has 1 fully saturated rings. The molecule has 1 heterocycles. The standard InChI is InChI=1S/C19H18F2N4O4/c1-22-18(26)13-11-12(25(28)29)5-6-16(13)23-7-9-24(10-8-23)19(27)17-14(20)3-2-4-15(17)21/h2-6,11H,7-10H2,1H3,(H,22,26). The van der Waals surface area contributed by atoms with Crippen LogP contribution in [0.3, 0.4) is 0 Å². The first-order chi connectivity index (χ1) is 13.8. The van der Waals surface area contributed by atoms with Crippen LogP contribution in [0.4, 0.5) is 20.2 Å². The summed E-state index contributed by atoms with van der Waals surface area (Å²) in [4.78, 5) is 38.3. The van der Waals surface area contributed by atoms with Crippen LogP contribution in [0.2, 0.25) is 0 Å². The maximum atomic E-state index is 13.9. The van der Waals surface area contributed by atoms with Crippen LogP contribution < -0.4 is 10.2 Å². The highest BCUT2D eigenvalue weighted by atomic mass is 19.1. The Morgan fingerprint density at radius 3 is 2.24 bits per heavy atom. The Morgan fingerprint density at radius 2 is 1.69 bits per heavy atom. The van der Waals surface area contributed by atoms with Crippen molar-refractivity contribution >= 4 is 23.2 Å². The van der Waals surface area contributed by atoms with Crippen LogP contribution in [-0.4, -0.2) is 54.9 Å². The highest BCUT2D eigenvalue weighted by Gasteiger charge is 2.28. The summed E-state index contributed by atoms with van der Waals surface area (Å²) >= 11 is 0. The summed E-state index contributed by atoms with van der Waals surface area (Å²) < 4.78 is 27.8. The first-order valence-electron chi connectivity index (χ1n) is 8.82. The zero-order chi connectivity index (χ0) is 21.1. The van der Waals surface area contributed by atoms with Gasteiger partial charge in [-0.25, -0.2) is 8.78 Å². The summed E-state index contributed by atoms with van der Waals surface area (Å²) in [6.45, 7) is 0.945. The van der Waals surface area contributed by atoms with Crippen molar-refractivity contribution in [1.82, 2.24) is 10.2 Å². The molecule has 152 valence electrons. The van der Waals surface area contributed by atoms with Gasteiger partial charge >= 0.3 is 0 Å². The topological polar surface area (TPSA) is 95.8 Å². The Hall–Kier alpha value is -3.56. The molecule has 0 spiro atoms. The third-order valence-corrected chi connectivity index (χ3v) is 4.75. The molecule has 8 nitrogen and oxygen atoms in total. The van der Waals surface area contributed by atoms with Crippen LogP contribution in [0.15, 0.2) is 36.4 Å². The maximum Gasteiger partial charge on any atom is 0.270 e. The Labute approximate surface area is 164 Å². The lowest BCUT2D eigenvalue weighted by Crippen LogP contribution is -2.49. The van der Waals surface area contributed by atoms with Crippen molar-refractivity contribution in [2.45, 2.75) is 0 Å². The molecule has 0 bridgehead atoms. The lowest BCUT2D eigenvalue weighted by molar-refractivity contribution is -0.384. The second-order valence-electron chi connectivity index (χ2n) is 6.41. The van der Waals surface area contributed by atoms with Crippen LogP contribution in [0.1, 0.15) is 20.7 Å². The SMILES string of the molecule is CNC(=O)c1cc([N+](=O)[O-])ccc1N1CCN(C(=O)c2c(F)cccc2F)CC1. The van der Waals surface area contributed by atoms with Crippen LogP contribution in [0.5, 0.6) is 0 Å². The van der Waals surface area contributed by atoms with Gasteiger partial charge in [0.05, 0.1) is 16.2 Å². The van der Waals surface area contributed by atoms with Crippen LogP contribution in [-0.2, 0) is 0 Å². The van der Waals surface area contributed by atoms with E-state index < -0.39 is 33.9 Å². The molecular formula is C19H18F2N4O4. The average Bonchev–Trinajstić information content (AvgIpc) is 2.72. The molecule has 2 amide bonds. The number of nitro groups is 1. The van der Waals surface area contributed by atoms with Gasteiger partial charge in [-0.05, 0) is 18.2 Å². The van der Waals surface area contributed by atoms with Crippen LogP contribution in [0, 0.1) is 21.7 Å². The van der Waals surface area contributed by atoms with Gasteiger partial charge in [0.15, 0.2) is 0 Å². The number of anilines is 1. The molecule has 1 aliphatic heterocycles. The number of hydrogen-bond acceptors (Lipinski definition) is 5. The number of carbonyl (C=O) groups is 2. The number of hydrogen-bond donors (Lipinski definition) is 1. The number of rotatable bonds is 4. The van der Waals surface area contributed by atoms with Gasteiger partial charge in [-0.3, -0.25) is 19.7 Å². The van der Waals surface area contributed by atoms with Crippen LogP contribution >= 0.6 is 0 Å². The summed E-state index contributed by atoms with van der Waals surface area (Å²) in [7, 11) is 1.42. The van der Waals surface area contributed by atoms with E-state index in [0.29, 0.717) is 18.8 Å². The predicted octanol–water partition coefficient (Wildman–Crippen LogP) is 2.20. The lowest BCUT2D eigenvalue weighted by Gasteiger charge is -2.36. The van der Waals surface area contributed by atoms with Gasteiger partial charge in [0.25, 0.3) is 17.5 Å². The summed E-state index contributed by atoms with van der Waals surface area (Å²) in [5.41, 5.74) is -0.181. The minimum absolute atomic E-state index is 0.140. The molecule has 29 heavy (non-hydrogen) atoms. The molecule has 1 saturated heterocycles. The fraction of sp³-hybridized carbons (Fsp3) is 0.263. The first-order valence-corrected chi connectivity index (χ1v) is 8.82. The van der Waals surface area contributed by atoms with E-state index in [-0.39, 0.29) is 24.3 Å². The first kappa shape index (κ1) is 20.2. The Bertz CT molecular complexity index is 954. The van der Waals surface area contributed by atoms with Gasteiger partial charge in [-0.2, -0.15) is 0 Å². The number of non-ortho nitro benzene ring substituents is 1. The van der Waals surface area contributed by atoms with Crippen molar-refractivity contribution in [3.63, 3.8) is 0 Å². The molecule has 0 unspecified atom stereocenters. The number of halogens is 2. The van der Waals surface area contributed by atoms with Gasteiger partial charge in [0, 0.05) is 45.4 Å². The van der Waals surface area contributed by atoms with E-state index in [2.05, 4.69) is 5.32 Å². The van der Waals surface area contributed by atoms with E-state index in [0.717, 1.165) is 12.1 Å². The molecule has 2 aromatic rings. The summed E-state index contributed by atoms with van der Waals surface area (Å²) in [5, 5.41) is 13.5. The maximum absolute atomic E-state index is 13.9. The molecule has 1 aliphatic rings. The molecule has 0 atom stereocenters. The minimum atomic E-state index is -0.922. The highest BCUT2D eigenvalue weighted by molar-refractivity contribution is 6.00. The fourth-order valence-corrected chi connectivity index (χ4v) is 3.24. The van der Waals surface area contributed by atoms with E-state index >= 15 is 0 Å². The third-order valence-electron chi connectivity index (χ3n) is 4.75. The zero-order valence-corrected chi connectivity index (χ0v) is 15.5. The Morgan fingerprint density at radius 1 is 1.07 bits per heavy atom. The Kier molecular flexibility index (Phi) is 5.71. The molecule has 3 rings (SSSR count). The van der Waals surface area contributed by atoms with Crippen LogP contribution in [0.25, 0.3) is 0 Å². The van der Waals surface area contributed by atoms with Gasteiger partial charge in [0.2, 0.25) is 0 Å². The average molecular weight is 404 g/mol. The smallest absolute Gasteiger partial charge is 0.270 e. The van der Waals surface area contributed by atoms with E-state index in [1.165, 1.54) is 36.2 Å². The van der Waals surface area contributed by atoms with Crippen molar-refractivity contribution in [3.8, 4) is 0 Å². The van der Waals surface area contributed by atoms with E-state index in [1.54, 1.807) is 4.90 Å². The quantitative estimate of drug-likeness (QED) is 0.623. The van der Waals surface area contributed by atoms with Crippen molar-refractivity contribution < 1.29 is 23.3 Å². The zero-order valence-electron chi connectivity index (χ0n) is 15.5. The number of piperazine rings is 1. The predicted molar refractivity (Wildman–Crippen MR) is 101 cm³/mol. The van der Waals surface area contributed by atoms with Crippen molar-refractivity contribution in [1.29, 1.82) is 0 Å². The van der Waals surface area contributed by atoms with Crippen molar-refractivity contribution in [3.05, 3.63) is 69.3 Å². The monoisotopic (exact) mass is 404 g/mol. The molecule has 10 heteroatoms. The van der Waals surface area contributed by atoms with Gasteiger partial charge < -0.3 is 15.1 Å². The number of carbonyl (C=O) groups excluding carboxylic acids is 2. The molecule has 0 saturated carbocycles. The number of amides is 2. The number of nitro benzene ring substituents is 1. The van der Waals surface area contributed by atoms with E-state index in [9.17, 15) is 28.5 Å². The molecular weight excluding hydrogens is 386 g/mol. The largest absolute Gasteiger partial charge is 0.367 e. The fourth-order valence-electron chi connectivity index (χ4n) is 3.24. The van der Waals surface area contributed by atoms with Gasteiger partial charge in [0.1, 0.15) is 17.2 Å². The summed E-state index contributed by atoms with van der Waals surface area (Å²) in [5.74, 6) is -3.06. The molecule has 0 aromatic heterocycles. The van der Waals surface area contributed by atoms with E-state index in [4.69, 9.17) is 0 Å². The lowest BCUT2D eigenvalue weighted by atomic mass is 10.1. The number of nitrogens with one attached hydrogen (secondary N) is 1. The van der Waals surface area contributed by atoms with Crippen molar-refractivity contribution in [2.24, 2.45) is 0 Å². The highest BCUT2D eigenvalue weighted by Crippen LogP contribution is 2.27. The normalized spacial score (nSPS) is 13.9. The second kappa shape index (κ2) is 8.21. The number of benzene rings is 2. The minimum Gasteiger partial charge on any atom is -0.367 e. The summed E-state index contributed by atoms with van der Waals surface area (Å²) in [6.07, 6.45) is 0. The molecule has 1 N–H and O–H groups in total. The summed E-state index contributed by atoms with van der Waals surface area (Å²) in [6, 6.07) is 7.22. The van der Waals surface area contributed by atoms with E-state index in [1.807, 2.05) is 0 Å². The van der Waals surface area contributed by atoms with Gasteiger partial charge in [-0.15, -0.1) is 0 Å². The Balaban J connectivity index is 1.79.